The van der Waals surface area contributed by atoms with Crippen LogP contribution in [0.15, 0.2) is 30.6 Å². The third kappa shape index (κ3) is 5.13. The highest BCUT2D eigenvalue weighted by Crippen LogP contribution is 2.36. The maximum atomic E-state index is 13.3. The third-order valence-corrected chi connectivity index (χ3v) is 5.43. The standard InChI is InChI=1S/C18H14Cl3F4N5O/c1-8(30-15(17(24)25)13(21)14(28-30)16(22)23)18(31)27-10-5-26-29(7-10)6-9-2-3-11(19)12(20)4-9/h2-5,7-8,16-17H,6H2,1H3,(H,27,31). The highest BCUT2D eigenvalue weighted by atomic mass is 35.5. The molecule has 1 atom stereocenters. The number of amides is 1. The molecule has 166 valence electrons. The van der Waals surface area contributed by atoms with Crippen LogP contribution in [0, 0.1) is 0 Å². The van der Waals surface area contributed by atoms with Crippen molar-refractivity contribution in [3.63, 3.8) is 0 Å². The first-order valence-corrected chi connectivity index (χ1v) is 9.83. The lowest BCUT2D eigenvalue weighted by atomic mass is 10.2. The second kappa shape index (κ2) is 9.46. The largest absolute Gasteiger partial charge is 0.322 e. The Kier molecular flexibility index (Phi) is 7.13. The van der Waals surface area contributed by atoms with Crippen molar-refractivity contribution in [2.75, 3.05) is 5.32 Å². The lowest BCUT2D eigenvalue weighted by molar-refractivity contribution is -0.119. The van der Waals surface area contributed by atoms with Crippen LogP contribution >= 0.6 is 34.8 Å². The number of nitrogens with zero attached hydrogens (tertiary/aromatic N) is 4. The number of carbonyl (C=O) groups excluding carboxylic acids is 1. The topological polar surface area (TPSA) is 64.7 Å². The summed E-state index contributed by atoms with van der Waals surface area (Å²) in [5.41, 5.74) is -0.889. The molecule has 0 radical (unpaired) electrons. The Bertz CT molecular complexity index is 1100. The van der Waals surface area contributed by atoms with E-state index in [0.29, 0.717) is 21.3 Å². The summed E-state index contributed by atoms with van der Waals surface area (Å²) in [5, 5.41) is 9.93. The normalized spacial score (nSPS) is 12.6. The Hall–Kier alpha value is -2.30. The molecule has 2 aromatic heterocycles. The Balaban J connectivity index is 1.75. The van der Waals surface area contributed by atoms with E-state index in [1.54, 1.807) is 18.2 Å². The van der Waals surface area contributed by atoms with Crippen molar-refractivity contribution in [2.45, 2.75) is 32.4 Å². The first-order valence-electron chi connectivity index (χ1n) is 8.69. The summed E-state index contributed by atoms with van der Waals surface area (Å²) in [6.45, 7) is 1.56. The predicted molar refractivity (Wildman–Crippen MR) is 108 cm³/mol. The zero-order valence-electron chi connectivity index (χ0n) is 15.7. The van der Waals surface area contributed by atoms with Gasteiger partial charge in [0.15, 0.2) is 0 Å². The average Bonchev–Trinajstić information content (AvgIpc) is 3.27. The first-order chi connectivity index (χ1) is 14.6. The second-order valence-electron chi connectivity index (χ2n) is 6.47. The van der Waals surface area contributed by atoms with Gasteiger partial charge in [0.1, 0.15) is 17.4 Å². The maximum absolute atomic E-state index is 13.3. The molecule has 1 N–H and O–H groups in total. The van der Waals surface area contributed by atoms with Gasteiger partial charge in [-0.25, -0.2) is 22.2 Å². The van der Waals surface area contributed by atoms with E-state index in [1.165, 1.54) is 24.0 Å². The summed E-state index contributed by atoms with van der Waals surface area (Å²) >= 11 is 17.5. The molecule has 1 aromatic carbocycles. The first kappa shape index (κ1) is 23.4. The van der Waals surface area contributed by atoms with Gasteiger partial charge in [-0.05, 0) is 24.6 Å². The highest BCUT2D eigenvalue weighted by molar-refractivity contribution is 6.42. The second-order valence-corrected chi connectivity index (χ2v) is 7.66. The van der Waals surface area contributed by atoms with Gasteiger partial charge in [-0.2, -0.15) is 10.2 Å². The number of rotatable bonds is 7. The van der Waals surface area contributed by atoms with Gasteiger partial charge < -0.3 is 5.32 Å². The van der Waals surface area contributed by atoms with Crippen molar-refractivity contribution >= 4 is 46.4 Å². The smallest absolute Gasteiger partial charge is 0.283 e. The molecule has 0 bridgehead atoms. The van der Waals surface area contributed by atoms with Crippen molar-refractivity contribution in [3.8, 4) is 0 Å². The number of anilines is 1. The zero-order valence-corrected chi connectivity index (χ0v) is 17.9. The minimum Gasteiger partial charge on any atom is -0.322 e. The summed E-state index contributed by atoms with van der Waals surface area (Å²) in [7, 11) is 0. The minimum absolute atomic E-state index is 0.267. The number of carbonyl (C=O) groups is 1. The maximum Gasteiger partial charge on any atom is 0.283 e. The molecule has 13 heteroatoms. The Morgan fingerprint density at radius 1 is 1.13 bits per heavy atom. The van der Waals surface area contributed by atoms with Crippen LogP contribution in [0.25, 0.3) is 0 Å². The molecule has 0 spiro atoms. The van der Waals surface area contributed by atoms with Crippen LogP contribution in [0.1, 0.15) is 42.8 Å². The van der Waals surface area contributed by atoms with E-state index in [9.17, 15) is 22.4 Å². The Labute approximate surface area is 188 Å². The van der Waals surface area contributed by atoms with Crippen molar-refractivity contribution in [1.29, 1.82) is 0 Å². The highest BCUT2D eigenvalue weighted by Gasteiger charge is 2.32. The Morgan fingerprint density at radius 2 is 1.84 bits per heavy atom. The molecule has 6 nitrogen and oxygen atoms in total. The van der Waals surface area contributed by atoms with E-state index in [-0.39, 0.29) is 5.69 Å². The fourth-order valence-electron chi connectivity index (χ4n) is 2.77. The van der Waals surface area contributed by atoms with Crippen LogP contribution in [0.5, 0.6) is 0 Å². The van der Waals surface area contributed by atoms with Crippen LogP contribution in [-0.2, 0) is 11.3 Å². The molecule has 0 saturated heterocycles. The van der Waals surface area contributed by atoms with E-state index in [4.69, 9.17) is 34.8 Å². The van der Waals surface area contributed by atoms with Gasteiger partial charge in [-0.1, -0.05) is 40.9 Å². The van der Waals surface area contributed by atoms with Crippen LogP contribution in [-0.4, -0.2) is 25.5 Å². The SMILES string of the molecule is CC(C(=O)Nc1cnn(Cc2ccc(Cl)c(Cl)c2)c1)n1nc(C(F)F)c(Cl)c1C(F)F. The molecule has 0 aliphatic carbocycles. The van der Waals surface area contributed by atoms with Gasteiger partial charge in [0.2, 0.25) is 5.91 Å². The number of halogens is 7. The summed E-state index contributed by atoms with van der Waals surface area (Å²) in [6, 6.07) is 3.72. The lowest BCUT2D eigenvalue weighted by Crippen LogP contribution is -2.26. The van der Waals surface area contributed by atoms with Crippen molar-refractivity contribution in [3.05, 3.63) is 62.6 Å². The molecule has 3 rings (SSSR count). The molecule has 1 amide bonds. The van der Waals surface area contributed by atoms with Crippen LogP contribution in [0.3, 0.4) is 0 Å². The molecular formula is C18H14Cl3F4N5O. The molecule has 1 unspecified atom stereocenters. The average molecular weight is 499 g/mol. The molecule has 0 aliphatic rings. The van der Waals surface area contributed by atoms with Crippen molar-refractivity contribution in [1.82, 2.24) is 19.6 Å². The van der Waals surface area contributed by atoms with Gasteiger partial charge in [0.05, 0.1) is 33.5 Å². The summed E-state index contributed by atoms with van der Waals surface area (Å²) < 4.78 is 54.6. The van der Waals surface area contributed by atoms with Gasteiger partial charge in [-0.3, -0.25) is 9.48 Å². The fraction of sp³-hybridized carbons (Fsp3) is 0.278. The molecular weight excluding hydrogens is 485 g/mol. The third-order valence-electron chi connectivity index (χ3n) is 4.30. The van der Waals surface area contributed by atoms with E-state index < -0.39 is 41.2 Å². The number of benzene rings is 1. The summed E-state index contributed by atoms with van der Waals surface area (Å²) in [5.74, 6) is -0.768. The quantitative estimate of drug-likeness (QED) is 0.397. The monoisotopic (exact) mass is 497 g/mol. The van der Waals surface area contributed by atoms with Gasteiger partial charge >= 0.3 is 0 Å². The van der Waals surface area contributed by atoms with Crippen LogP contribution < -0.4 is 5.32 Å². The number of nitrogens with one attached hydrogen (secondary N) is 1. The molecule has 3 aromatic rings. The van der Waals surface area contributed by atoms with E-state index in [2.05, 4.69) is 15.5 Å². The van der Waals surface area contributed by atoms with Gasteiger partial charge in [0, 0.05) is 6.20 Å². The predicted octanol–water partition coefficient (Wildman–Crippen LogP) is 6.16. The molecule has 0 fully saturated rings. The zero-order chi connectivity index (χ0) is 22.9. The number of aromatic nitrogens is 4. The minimum atomic E-state index is -3.20. The fourth-order valence-corrected chi connectivity index (χ4v) is 3.38. The van der Waals surface area contributed by atoms with Crippen LogP contribution in [0.4, 0.5) is 23.2 Å². The number of hydrogen-bond acceptors (Lipinski definition) is 3. The van der Waals surface area contributed by atoms with Crippen molar-refractivity contribution < 1.29 is 22.4 Å². The molecule has 2 heterocycles. The summed E-state index contributed by atoms with van der Waals surface area (Å²) in [6.07, 6.45) is -3.52. The molecule has 31 heavy (non-hydrogen) atoms. The van der Waals surface area contributed by atoms with Gasteiger partial charge in [-0.15, -0.1) is 0 Å². The number of hydrogen-bond donors (Lipinski definition) is 1. The summed E-state index contributed by atoms with van der Waals surface area (Å²) in [4.78, 5) is 12.5. The van der Waals surface area contributed by atoms with Crippen molar-refractivity contribution in [2.24, 2.45) is 0 Å². The lowest BCUT2D eigenvalue weighted by Gasteiger charge is -2.15. The molecule has 0 saturated carbocycles. The Morgan fingerprint density at radius 3 is 2.45 bits per heavy atom. The van der Waals surface area contributed by atoms with Crippen LogP contribution in [0.2, 0.25) is 15.1 Å². The van der Waals surface area contributed by atoms with E-state index in [0.717, 1.165) is 5.56 Å². The molecule has 0 aliphatic heterocycles. The van der Waals surface area contributed by atoms with Gasteiger partial charge in [0.25, 0.3) is 12.9 Å². The van der Waals surface area contributed by atoms with E-state index >= 15 is 0 Å². The number of alkyl halides is 4. The van der Waals surface area contributed by atoms with E-state index in [1.807, 2.05) is 0 Å².